The van der Waals surface area contributed by atoms with Gasteiger partial charge in [0.15, 0.2) is 0 Å². The molecule has 1 aliphatic heterocycles. The Balaban J connectivity index is 2.16. The van der Waals surface area contributed by atoms with Crippen molar-refractivity contribution in [3.63, 3.8) is 0 Å². The molecule has 0 aromatic heterocycles. The maximum atomic E-state index is 13.9. The Kier molecular flexibility index (Phi) is 5.67. The summed E-state index contributed by atoms with van der Waals surface area (Å²) in [5.74, 6) is -0.707. The van der Waals surface area contributed by atoms with Crippen molar-refractivity contribution in [1.29, 1.82) is 0 Å². The van der Waals surface area contributed by atoms with Gasteiger partial charge in [-0.1, -0.05) is 6.92 Å². The molecule has 1 N–H and O–H groups in total. The van der Waals surface area contributed by atoms with Crippen molar-refractivity contribution in [3.8, 4) is 0 Å². The van der Waals surface area contributed by atoms with E-state index in [0.29, 0.717) is 18.0 Å². The molecule has 0 saturated carbocycles. The maximum absolute atomic E-state index is 13.9. The van der Waals surface area contributed by atoms with Crippen LogP contribution in [0.2, 0.25) is 0 Å². The lowest BCUT2D eigenvalue weighted by Crippen LogP contribution is -2.59. The van der Waals surface area contributed by atoms with Crippen LogP contribution in [0.25, 0.3) is 0 Å². The summed E-state index contributed by atoms with van der Waals surface area (Å²) < 4.78 is 27.3. The van der Waals surface area contributed by atoms with Gasteiger partial charge >= 0.3 is 0 Å². The minimum Gasteiger partial charge on any atom is -0.312 e. The summed E-state index contributed by atoms with van der Waals surface area (Å²) in [6.45, 7) is 5.83. The molecule has 21 heavy (non-hydrogen) atoms. The van der Waals surface area contributed by atoms with Gasteiger partial charge < -0.3 is 10.2 Å². The first-order chi connectivity index (χ1) is 10.0. The summed E-state index contributed by atoms with van der Waals surface area (Å²) in [6, 6.07) is 4.10. The van der Waals surface area contributed by atoms with Gasteiger partial charge in [-0.05, 0) is 50.8 Å². The van der Waals surface area contributed by atoms with E-state index >= 15 is 0 Å². The lowest BCUT2D eigenvalue weighted by Gasteiger charge is -2.42. The molecule has 1 heterocycles. The molecule has 3 nitrogen and oxygen atoms in total. The van der Waals surface area contributed by atoms with E-state index in [1.54, 1.807) is 0 Å². The number of benzene rings is 1. The Bertz CT molecular complexity index is 467. The number of rotatable bonds is 5. The van der Waals surface area contributed by atoms with Gasteiger partial charge in [-0.15, -0.1) is 0 Å². The zero-order valence-electron chi connectivity index (χ0n) is 13.1. The lowest BCUT2D eigenvalue weighted by molar-refractivity contribution is 0.0878. The number of nitrogens with zero attached hydrogens (tertiary/aromatic N) is 2. The van der Waals surface area contributed by atoms with Gasteiger partial charge in [0, 0.05) is 31.7 Å². The molecule has 2 atom stereocenters. The highest BCUT2D eigenvalue weighted by Gasteiger charge is 2.30. The highest BCUT2D eigenvalue weighted by Crippen LogP contribution is 2.17. The summed E-state index contributed by atoms with van der Waals surface area (Å²) in [7, 11) is 4.20. The zero-order valence-corrected chi connectivity index (χ0v) is 13.1. The van der Waals surface area contributed by atoms with E-state index in [0.717, 1.165) is 26.2 Å². The van der Waals surface area contributed by atoms with Crippen LogP contribution < -0.4 is 5.32 Å². The van der Waals surface area contributed by atoms with Crippen molar-refractivity contribution in [2.24, 2.45) is 0 Å². The van der Waals surface area contributed by atoms with Crippen LogP contribution in [0.3, 0.4) is 0 Å². The molecule has 0 spiro atoms. The molecule has 1 fully saturated rings. The van der Waals surface area contributed by atoms with Crippen LogP contribution in [0.4, 0.5) is 8.78 Å². The fourth-order valence-electron chi connectivity index (χ4n) is 3.02. The van der Waals surface area contributed by atoms with Crippen LogP contribution in [-0.2, 0) is 6.42 Å². The van der Waals surface area contributed by atoms with Crippen molar-refractivity contribution in [3.05, 3.63) is 35.4 Å². The largest absolute Gasteiger partial charge is 0.312 e. The predicted octanol–water partition coefficient (Wildman–Crippen LogP) is 1.73. The first kappa shape index (κ1) is 16.3. The third kappa shape index (κ3) is 4.22. The van der Waals surface area contributed by atoms with Gasteiger partial charge in [0.05, 0.1) is 0 Å². The Hall–Kier alpha value is -1.04. The Morgan fingerprint density at radius 1 is 1.29 bits per heavy atom. The molecule has 0 radical (unpaired) electrons. The monoisotopic (exact) mass is 297 g/mol. The fraction of sp³-hybridized carbons (Fsp3) is 0.625. The van der Waals surface area contributed by atoms with Gasteiger partial charge in [-0.3, -0.25) is 4.90 Å². The number of halogens is 2. The van der Waals surface area contributed by atoms with Crippen LogP contribution in [0.15, 0.2) is 18.2 Å². The predicted molar refractivity (Wildman–Crippen MR) is 81.4 cm³/mol. The molecule has 0 amide bonds. The van der Waals surface area contributed by atoms with Crippen LogP contribution >= 0.6 is 0 Å². The van der Waals surface area contributed by atoms with Crippen LogP contribution in [0.1, 0.15) is 12.5 Å². The van der Waals surface area contributed by atoms with Gasteiger partial charge in [-0.25, -0.2) is 8.78 Å². The number of piperazine rings is 1. The van der Waals surface area contributed by atoms with Gasteiger partial charge in [0.1, 0.15) is 11.6 Å². The summed E-state index contributed by atoms with van der Waals surface area (Å²) >= 11 is 0. The smallest absolute Gasteiger partial charge is 0.126 e. The molecular weight excluding hydrogens is 272 g/mol. The van der Waals surface area contributed by atoms with E-state index in [1.807, 2.05) is 6.92 Å². The van der Waals surface area contributed by atoms with Crippen LogP contribution in [-0.4, -0.2) is 62.2 Å². The van der Waals surface area contributed by atoms with Crippen molar-refractivity contribution in [2.45, 2.75) is 25.4 Å². The molecule has 1 saturated heterocycles. The zero-order chi connectivity index (χ0) is 15.4. The molecule has 1 aromatic rings. The quantitative estimate of drug-likeness (QED) is 0.893. The average molecular weight is 297 g/mol. The third-order valence-electron chi connectivity index (χ3n) is 4.28. The highest BCUT2D eigenvalue weighted by molar-refractivity contribution is 5.20. The first-order valence-electron chi connectivity index (χ1n) is 7.57. The molecule has 5 heteroatoms. The molecule has 118 valence electrons. The Morgan fingerprint density at radius 3 is 2.76 bits per heavy atom. The topological polar surface area (TPSA) is 18.5 Å². The van der Waals surface area contributed by atoms with Crippen LogP contribution in [0, 0.1) is 11.6 Å². The third-order valence-corrected chi connectivity index (χ3v) is 4.28. The fourth-order valence-corrected chi connectivity index (χ4v) is 3.02. The van der Waals surface area contributed by atoms with Crippen molar-refractivity contribution >= 4 is 0 Å². The van der Waals surface area contributed by atoms with E-state index in [4.69, 9.17) is 0 Å². The van der Waals surface area contributed by atoms with E-state index in [9.17, 15) is 8.78 Å². The minimum atomic E-state index is -0.379. The second-order valence-electron chi connectivity index (χ2n) is 5.91. The van der Waals surface area contributed by atoms with Crippen molar-refractivity contribution in [2.75, 3.05) is 40.3 Å². The molecular formula is C16H25F2N3. The summed E-state index contributed by atoms with van der Waals surface area (Å²) in [6.07, 6.45) is 0.500. The van der Waals surface area contributed by atoms with Gasteiger partial charge in [0.2, 0.25) is 0 Å². The maximum Gasteiger partial charge on any atom is 0.126 e. The summed E-state index contributed by atoms with van der Waals surface area (Å²) in [4.78, 5) is 4.60. The Labute approximate surface area is 125 Å². The highest BCUT2D eigenvalue weighted by atomic mass is 19.1. The number of likely N-dealkylation sites (N-methyl/N-ethyl adjacent to an activating group) is 3. The molecule has 0 aliphatic carbocycles. The molecule has 1 aromatic carbocycles. The normalized spacial score (nSPS) is 22.4. The summed E-state index contributed by atoms with van der Waals surface area (Å²) in [5, 5.41) is 3.44. The van der Waals surface area contributed by atoms with Crippen molar-refractivity contribution < 1.29 is 8.78 Å². The average Bonchev–Trinajstić information content (AvgIpc) is 2.45. The number of hydrogen-bond acceptors (Lipinski definition) is 3. The standard InChI is InChI=1S/C16H25F2N3/c1-4-19-15(16-11-20(2)7-8-21(16)3)10-12-9-13(17)5-6-14(12)18/h5-6,9,15-16,19H,4,7-8,10-11H2,1-3H3. The second-order valence-corrected chi connectivity index (χ2v) is 5.91. The van der Waals surface area contributed by atoms with Crippen molar-refractivity contribution in [1.82, 2.24) is 15.1 Å². The van der Waals surface area contributed by atoms with E-state index < -0.39 is 0 Å². The SMILES string of the molecule is CCNC(Cc1cc(F)ccc1F)C1CN(C)CCN1C. The molecule has 2 rings (SSSR count). The molecule has 1 aliphatic rings. The second kappa shape index (κ2) is 7.29. The van der Waals surface area contributed by atoms with Gasteiger partial charge in [-0.2, -0.15) is 0 Å². The van der Waals surface area contributed by atoms with E-state index in [2.05, 4.69) is 29.2 Å². The number of nitrogens with one attached hydrogen (secondary N) is 1. The van der Waals surface area contributed by atoms with E-state index in [1.165, 1.54) is 18.2 Å². The molecule has 0 bridgehead atoms. The molecule has 2 unspecified atom stereocenters. The van der Waals surface area contributed by atoms with Gasteiger partial charge in [0.25, 0.3) is 0 Å². The summed E-state index contributed by atoms with van der Waals surface area (Å²) in [5.41, 5.74) is 0.447. The number of hydrogen-bond donors (Lipinski definition) is 1. The van der Waals surface area contributed by atoms with Crippen LogP contribution in [0.5, 0.6) is 0 Å². The lowest BCUT2D eigenvalue weighted by atomic mass is 9.96. The Morgan fingerprint density at radius 2 is 2.05 bits per heavy atom. The van der Waals surface area contributed by atoms with E-state index in [-0.39, 0.29) is 17.7 Å². The minimum absolute atomic E-state index is 0.110. The first-order valence-corrected chi connectivity index (χ1v) is 7.57.